The number of ether oxygens (including phenoxy) is 3. The average Bonchev–Trinajstić information content (AvgIpc) is 2.96. The minimum absolute atomic E-state index is 0.193. The van der Waals surface area contributed by atoms with E-state index in [0.717, 1.165) is 25.1 Å². The highest BCUT2D eigenvalue weighted by Gasteiger charge is 2.23. The number of amides is 2. The molecule has 0 radical (unpaired) electrons. The Hall–Kier alpha value is -4.04. The molecular formula is C30H35N3O5. The van der Waals surface area contributed by atoms with Gasteiger partial charge in [0, 0.05) is 44.2 Å². The molecule has 8 heteroatoms. The van der Waals surface area contributed by atoms with Crippen LogP contribution in [0, 0.1) is 0 Å². The maximum atomic E-state index is 13.4. The first-order valence-electron chi connectivity index (χ1n) is 12.9. The number of carbonyl (C=O) groups excluding carboxylic acids is 2. The summed E-state index contributed by atoms with van der Waals surface area (Å²) in [5.74, 6) is 0.221. The zero-order valence-electron chi connectivity index (χ0n) is 22.2. The van der Waals surface area contributed by atoms with Gasteiger partial charge in [0.15, 0.2) is 0 Å². The second-order valence-electron chi connectivity index (χ2n) is 8.97. The molecule has 0 aromatic heterocycles. The molecule has 0 aliphatic carbocycles. The van der Waals surface area contributed by atoms with Crippen LogP contribution in [0.5, 0.6) is 11.5 Å². The van der Waals surface area contributed by atoms with Crippen molar-refractivity contribution in [3.8, 4) is 11.5 Å². The molecule has 8 nitrogen and oxygen atoms in total. The fourth-order valence-corrected chi connectivity index (χ4v) is 4.66. The van der Waals surface area contributed by atoms with Gasteiger partial charge in [0.05, 0.1) is 19.8 Å². The van der Waals surface area contributed by atoms with Crippen LogP contribution in [0.25, 0.3) is 0 Å². The Morgan fingerprint density at radius 1 is 0.921 bits per heavy atom. The lowest BCUT2D eigenvalue weighted by atomic mass is 9.98. The Morgan fingerprint density at radius 3 is 2.37 bits per heavy atom. The molecule has 200 valence electrons. The van der Waals surface area contributed by atoms with E-state index in [4.69, 9.17) is 14.2 Å². The highest BCUT2D eigenvalue weighted by Crippen LogP contribution is 2.32. The minimum atomic E-state index is -0.387. The van der Waals surface area contributed by atoms with E-state index in [1.165, 1.54) is 25.3 Å². The van der Waals surface area contributed by atoms with Crippen LogP contribution in [0.15, 0.2) is 60.7 Å². The summed E-state index contributed by atoms with van der Waals surface area (Å²) in [6.07, 6.45) is 1.62. The molecule has 0 spiro atoms. The van der Waals surface area contributed by atoms with E-state index < -0.39 is 0 Å². The molecule has 0 unspecified atom stereocenters. The number of carbonyl (C=O) groups is 2. The minimum Gasteiger partial charge on any atom is -0.496 e. The third-order valence-electron chi connectivity index (χ3n) is 6.58. The zero-order valence-corrected chi connectivity index (χ0v) is 22.2. The summed E-state index contributed by atoms with van der Waals surface area (Å²) in [4.78, 5) is 28.8. The first-order valence-corrected chi connectivity index (χ1v) is 12.9. The van der Waals surface area contributed by atoms with E-state index in [0.29, 0.717) is 49.1 Å². The first kappa shape index (κ1) is 27.0. The van der Waals surface area contributed by atoms with Crippen molar-refractivity contribution in [1.29, 1.82) is 0 Å². The number of fused-ring (bicyclic) bond motifs is 1. The van der Waals surface area contributed by atoms with Gasteiger partial charge in [0.2, 0.25) is 0 Å². The van der Waals surface area contributed by atoms with Crippen LogP contribution in [-0.4, -0.2) is 52.3 Å². The van der Waals surface area contributed by atoms with Crippen LogP contribution >= 0.6 is 0 Å². The number of methoxy groups -OCH3 is 2. The van der Waals surface area contributed by atoms with Crippen molar-refractivity contribution >= 4 is 23.2 Å². The molecule has 2 N–H and O–H groups in total. The lowest BCUT2D eigenvalue weighted by Gasteiger charge is -2.32. The highest BCUT2D eigenvalue weighted by molar-refractivity contribution is 6.09. The Balaban J connectivity index is 1.61. The van der Waals surface area contributed by atoms with Gasteiger partial charge in [0.1, 0.15) is 17.1 Å². The fourth-order valence-electron chi connectivity index (χ4n) is 4.66. The molecule has 38 heavy (non-hydrogen) atoms. The van der Waals surface area contributed by atoms with Crippen LogP contribution in [0.4, 0.5) is 11.4 Å². The monoisotopic (exact) mass is 517 g/mol. The van der Waals surface area contributed by atoms with Crippen LogP contribution < -0.4 is 25.0 Å². The predicted octanol–water partition coefficient (Wildman–Crippen LogP) is 4.68. The van der Waals surface area contributed by atoms with E-state index in [2.05, 4.69) is 33.7 Å². The molecule has 2 amide bonds. The van der Waals surface area contributed by atoms with Gasteiger partial charge in [-0.15, -0.1) is 0 Å². The molecule has 1 aliphatic rings. The molecule has 3 aromatic rings. The molecule has 3 aromatic carbocycles. The molecule has 1 heterocycles. The van der Waals surface area contributed by atoms with Crippen LogP contribution in [0.1, 0.15) is 45.2 Å². The van der Waals surface area contributed by atoms with Crippen molar-refractivity contribution in [3.05, 3.63) is 82.9 Å². The third kappa shape index (κ3) is 6.26. The van der Waals surface area contributed by atoms with Crippen LogP contribution in [-0.2, 0) is 17.7 Å². The number of hydrogen-bond acceptors (Lipinski definition) is 6. The maximum absolute atomic E-state index is 13.4. The van der Waals surface area contributed by atoms with Crippen molar-refractivity contribution in [3.63, 3.8) is 0 Å². The molecule has 0 bridgehead atoms. The lowest BCUT2D eigenvalue weighted by molar-refractivity contribution is 0.0943. The van der Waals surface area contributed by atoms with Gasteiger partial charge < -0.3 is 29.7 Å². The standard InChI is InChI=1S/C30H35N3O5/c1-4-38-18-8-16-31-29(34)24-19-23(32-30(35)28-26(36-2)11-7-12-27(28)37-3)13-14-25(24)33-17-15-21-9-5-6-10-22(21)20-33/h5-7,9-14,19H,4,8,15-18,20H2,1-3H3,(H,31,34)(H,32,35). The Morgan fingerprint density at radius 2 is 1.66 bits per heavy atom. The van der Waals surface area contributed by atoms with Crippen molar-refractivity contribution in [2.24, 2.45) is 0 Å². The molecule has 0 fully saturated rings. The maximum Gasteiger partial charge on any atom is 0.263 e. The van der Waals surface area contributed by atoms with E-state index in [9.17, 15) is 9.59 Å². The summed E-state index contributed by atoms with van der Waals surface area (Å²) in [6.45, 7) is 5.19. The van der Waals surface area contributed by atoms with Gasteiger partial charge in [-0.1, -0.05) is 30.3 Å². The molecule has 0 saturated carbocycles. The Bertz CT molecular complexity index is 1250. The quantitative estimate of drug-likeness (QED) is 0.359. The summed E-state index contributed by atoms with van der Waals surface area (Å²) < 4.78 is 16.2. The normalized spacial score (nSPS) is 12.4. The summed E-state index contributed by atoms with van der Waals surface area (Å²) in [7, 11) is 3.01. The van der Waals surface area contributed by atoms with Gasteiger partial charge in [-0.05, 0) is 61.2 Å². The largest absolute Gasteiger partial charge is 0.496 e. The summed E-state index contributed by atoms with van der Waals surface area (Å²) >= 11 is 0. The summed E-state index contributed by atoms with van der Waals surface area (Å²) in [5.41, 5.74) is 4.71. The number of anilines is 2. The summed E-state index contributed by atoms with van der Waals surface area (Å²) in [6, 6.07) is 19.0. The molecule has 0 saturated heterocycles. The smallest absolute Gasteiger partial charge is 0.263 e. The van der Waals surface area contributed by atoms with E-state index in [-0.39, 0.29) is 17.4 Å². The van der Waals surface area contributed by atoms with E-state index in [1.807, 2.05) is 25.1 Å². The van der Waals surface area contributed by atoms with Gasteiger partial charge in [0.25, 0.3) is 11.8 Å². The number of hydrogen-bond donors (Lipinski definition) is 2. The average molecular weight is 518 g/mol. The van der Waals surface area contributed by atoms with Gasteiger partial charge >= 0.3 is 0 Å². The van der Waals surface area contributed by atoms with Crippen LogP contribution in [0.2, 0.25) is 0 Å². The number of benzene rings is 3. The first-order chi connectivity index (χ1) is 18.5. The molecule has 4 rings (SSSR count). The van der Waals surface area contributed by atoms with Crippen molar-refractivity contribution in [2.45, 2.75) is 26.3 Å². The SMILES string of the molecule is CCOCCCNC(=O)c1cc(NC(=O)c2c(OC)cccc2OC)ccc1N1CCc2ccccc2C1. The van der Waals surface area contributed by atoms with Gasteiger partial charge in [-0.25, -0.2) is 0 Å². The number of nitrogens with one attached hydrogen (secondary N) is 2. The second kappa shape index (κ2) is 13.0. The van der Waals surface area contributed by atoms with E-state index >= 15 is 0 Å². The molecule has 1 aliphatic heterocycles. The van der Waals surface area contributed by atoms with Crippen molar-refractivity contribution in [2.75, 3.05) is 50.7 Å². The lowest BCUT2D eigenvalue weighted by Crippen LogP contribution is -2.33. The van der Waals surface area contributed by atoms with Crippen LogP contribution in [0.3, 0.4) is 0 Å². The number of nitrogens with zero attached hydrogens (tertiary/aromatic N) is 1. The fraction of sp³-hybridized carbons (Fsp3) is 0.333. The molecule has 0 atom stereocenters. The zero-order chi connectivity index (χ0) is 26.9. The van der Waals surface area contributed by atoms with Gasteiger partial charge in [-0.3, -0.25) is 9.59 Å². The summed E-state index contributed by atoms with van der Waals surface area (Å²) in [5, 5.41) is 5.92. The topological polar surface area (TPSA) is 89.1 Å². The van der Waals surface area contributed by atoms with Crippen molar-refractivity contribution < 1.29 is 23.8 Å². The van der Waals surface area contributed by atoms with Crippen molar-refractivity contribution in [1.82, 2.24) is 5.32 Å². The Labute approximate surface area is 223 Å². The number of rotatable bonds is 11. The third-order valence-corrected chi connectivity index (χ3v) is 6.58. The second-order valence-corrected chi connectivity index (χ2v) is 8.97. The predicted molar refractivity (Wildman–Crippen MR) is 149 cm³/mol. The molecular weight excluding hydrogens is 482 g/mol. The highest BCUT2D eigenvalue weighted by atomic mass is 16.5. The van der Waals surface area contributed by atoms with E-state index in [1.54, 1.807) is 24.3 Å². The Kier molecular flexibility index (Phi) is 9.21. The van der Waals surface area contributed by atoms with Gasteiger partial charge in [-0.2, -0.15) is 0 Å².